The van der Waals surface area contributed by atoms with Gasteiger partial charge in [-0.25, -0.2) is 9.97 Å². The second-order valence-corrected chi connectivity index (χ2v) is 3.99. The Kier molecular flexibility index (Phi) is 4.07. The highest BCUT2D eigenvalue weighted by atomic mass is 19.4. The largest absolute Gasteiger partial charge is 0.497 e. The first-order valence-electron chi connectivity index (χ1n) is 5.75. The third-order valence-corrected chi connectivity index (χ3v) is 2.59. The molecule has 0 bridgehead atoms. The van der Waals surface area contributed by atoms with E-state index in [2.05, 4.69) is 15.3 Å². The van der Waals surface area contributed by atoms with E-state index in [-0.39, 0.29) is 5.82 Å². The summed E-state index contributed by atoms with van der Waals surface area (Å²) in [4.78, 5) is 6.95. The maximum Gasteiger partial charge on any atom is 0.433 e. The Balaban J connectivity index is 2.03. The first-order valence-corrected chi connectivity index (χ1v) is 5.75. The van der Waals surface area contributed by atoms with Gasteiger partial charge in [-0.05, 0) is 17.7 Å². The lowest BCUT2D eigenvalue weighted by molar-refractivity contribution is -0.141. The van der Waals surface area contributed by atoms with Crippen LogP contribution in [0.3, 0.4) is 0 Å². The van der Waals surface area contributed by atoms with Crippen LogP contribution in [0.2, 0.25) is 0 Å². The Morgan fingerprint density at radius 1 is 1.15 bits per heavy atom. The highest BCUT2D eigenvalue weighted by Gasteiger charge is 2.32. The molecule has 0 fully saturated rings. The van der Waals surface area contributed by atoms with Crippen molar-refractivity contribution in [3.05, 3.63) is 47.9 Å². The van der Waals surface area contributed by atoms with Crippen LogP contribution in [-0.2, 0) is 12.7 Å². The van der Waals surface area contributed by atoms with Crippen LogP contribution in [0.1, 0.15) is 11.3 Å². The van der Waals surface area contributed by atoms with Crippen molar-refractivity contribution in [2.45, 2.75) is 12.7 Å². The molecule has 106 valence electrons. The van der Waals surface area contributed by atoms with Crippen LogP contribution < -0.4 is 10.1 Å². The summed E-state index contributed by atoms with van der Waals surface area (Å²) in [6.45, 7) is 0.359. The molecule has 1 N–H and O–H groups in total. The number of nitrogens with zero attached hydrogens (tertiary/aromatic N) is 2. The molecule has 0 atom stereocenters. The van der Waals surface area contributed by atoms with Gasteiger partial charge in [0.05, 0.1) is 7.11 Å². The third kappa shape index (κ3) is 3.59. The quantitative estimate of drug-likeness (QED) is 0.936. The zero-order valence-corrected chi connectivity index (χ0v) is 10.6. The Morgan fingerprint density at radius 3 is 2.45 bits per heavy atom. The minimum atomic E-state index is -4.47. The summed E-state index contributed by atoms with van der Waals surface area (Å²) in [6, 6.07) is 8.06. The Labute approximate surface area is 113 Å². The maximum absolute atomic E-state index is 12.5. The summed E-state index contributed by atoms with van der Waals surface area (Å²) in [5.41, 5.74) is -0.0669. The van der Waals surface area contributed by atoms with Gasteiger partial charge in [0.2, 0.25) is 0 Å². The van der Waals surface area contributed by atoms with Crippen LogP contribution in [0.4, 0.5) is 19.0 Å². The molecule has 2 rings (SSSR count). The number of benzene rings is 1. The molecule has 0 saturated carbocycles. The number of ether oxygens (including phenoxy) is 1. The molecule has 20 heavy (non-hydrogen) atoms. The number of hydrogen-bond acceptors (Lipinski definition) is 4. The van der Waals surface area contributed by atoms with Gasteiger partial charge in [0.1, 0.15) is 23.6 Å². The minimum Gasteiger partial charge on any atom is -0.497 e. The molecule has 0 aliphatic heterocycles. The van der Waals surface area contributed by atoms with Gasteiger partial charge in [-0.2, -0.15) is 13.2 Å². The van der Waals surface area contributed by atoms with Crippen molar-refractivity contribution >= 4 is 5.82 Å². The average Bonchev–Trinajstić information content (AvgIpc) is 2.45. The van der Waals surface area contributed by atoms with Crippen molar-refractivity contribution in [3.8, 4) is 5.75 Å². The molecule has 0 unspecified atom stereocenters. The summed E-state index contributed by atoms with van der Waals surface area (Å²) >= 11 is 0. The standard InChI is InChI=1S/C13H12F3N3O/c1-20-10-4-2-9(3-5-10)7-17-12-6-11(13(14,15)16)18-8-19-12/h2-6,8H,7H2,1H3,(H,17,18,19). The van der Waals surface area contributed by atoms with E-state index >= 15 is 0 Å². The lowest BCUT2D eigenvalue weighted by Crippen LogP contribution is -2.10. The smallest absolute Gasteiger partial charge is 0.433 e. The number of aromatic nitrogens is 2. The van der Waals surface area contributed by atoms with Crippen molar-refractivity contribution < 1.29 is 17.9 Å². The van der Waals surface area contributed by atoms with E-state index in [1.807, 2.05) is 12.1 Å². The molecular formula is C13H12F3N3O. The molecule has 0 amide bonds. The van der Waals surface area contributed by atoms with E-state index in [0.29, 0.717) is 6.54 Å². The lowest BCUT2D eigenvalue weighted by atomic mass is 10.2. The highest BCUT2D eigenvalue weighted by molar-refractivity contribution is 5.37. The van der Waals surface area contributed by atoms with Crippen molar-refractivity contribution in [2.24, 2.45) is 0 Å². The van der Waals surface area contributed by atoms with E-state index in [4.69, 9.17) is 4.74 Å². The van der Waals surface area contributed by atoms with Gasteiger partial charge < -0.3 is 10.1 Å². The van der Waals surface area contributed by atoms with Crippen molar-refractivity contribution in [2.75, 3.05) is 12.4 Å². The van der Waals surface area contributed by atoms with E-state index in [0.717, 1.165) is 23.7 Å². The van der Waals surface area contributed by atoms with E-state index in [9.17, 15) is 13.2 Å². The van der Waals surface area contributed by atoms with Gasteiger partial charge in [-0.1, -0.05) is 12.1 Å². The summed E-state index contributed by atoms with van der Waals surface area (Å²) in [7, 11) is 1.56. The number of anilines is 1. The Hall–Kier alpha value is -2.31. The van der Waals surface area contributed by atoms with Crippen molar-refractivity contribution in [1.82, 2.24) is 9.97 Å². The fourth-order valence-electron chi connectivity index (χ4n) is 1.55. The predicted molar refractivity (Wildman–Crippen MR) is 67.4 cm³/mol. The number of rotatable bonds is 4. The van der Waals surface area contributed by atoms with E-state index in [1.165, 1.54) is 0 Å². The fourth-order valence-corrected chi connectivity index (χ4v) is 1.55. The molecular weight excluding hydrogens is 271 g/mol. The third-order valence-electron chi connectivity index (χ3n) is 2.59. The molecule has 2 aromatic rings. The van der Waals surface area contributed by atoms with Crippen molar-refractivity contribution in [1.29, 1.82) is 0 Å². The first-order chi connectivity index (χ1) is 9.49. The molecule has 0 aliphatic carbocycles. The number of nitrogens with one attached hydrogen (secondary N) is 1. The Bertz CT molecular complexity index is 570. The molecule has 0 radical (unpaired) electrons. The summed E-state index contributed by atoms with van der Waals surface area (Å²) in [5.74, 6) is 0.846. The summed E-state index contributed by atoms with van der Waals surface area (Å²) < 4.78 is 42.5. The molecule has 7 heteroatoms. The number of hydrogen-bond donors (Lipinski definition) is 1. The van der Waals surface area contributed by atoms with Crippen LogP contribution in [-0.4, -0.2) is 17.1 Å². The second-order valence-electron chi connectivity index (χ2n) is 3.99. The van der Waals surface area contributed by atoms with Crippen LogP contribution in [0.15, 0.2) is 36.7 Å². The predicted octanol–water partition coefficient (Wildman–Crippen LogP) is 3.12. The van der Waals surface area contributed by atoms with Gasteiger partial charge in [0, 0.05) is 12.6 Å². The number of alkyl halides is 3. The van der Waals surface area contributed by atoms with E-state index in [1.54, 1.807) is 19.2 Å². The molecule has 1 heterocycles. The molecule has 0 aliphatic rings. The molecule has 0 saturated heterocycles. The summed E-state index contributed by atoms with van der Waals surface area (Å²) in [6.07, 6.45) is -3.58. The lowest BCUT2D eigenvalue weighted by Gasteiger charge is -2.09. The molecule has 4 nitrogen and oxygen atoms in total. The zero-order valence-electron chi connectivity index (χ0n) is 10.6. The molecule has 1 aromatic carbocycles. The number of methoxy groups -OCH3 is 1. The van der Waals surface area contributed by atoms with Crippen LogP contribution in [0, 0.1) is 0 Å². The van der Waals surface area contributed by atoms with Crippen molar-refractivity contribution in [3.63, 3.8) is 0 Å². The Morgan fingerprint density at radius 2 is 1.85 bits per heavy atom. The maximum atomic E-state index is 12.5. The fraction of sp³-hybridized carbons (Fsp3) is 0.231. The molecule has 0 spiro atoms. The van der Waals surface area contributed by atoms with Crippen LogP contribution in [0.5, 0.6) is 5.75 Å². The van der Waals surface area contributed by atoms with Gasteiger partial charge in [-0.3, -0.25) is 0 Å². The summed E-state index contributed by atoms with van der Waals surface area (Å²) in [5, 5.41) is 2.82. The van der Waals surface area contributed by atoms with E-state index < -0.39 is 11.9 Å². The highest BCUT2D eigenvalue weighted by Crippen LogP contribution is 2.28. The number of halogens is 3. The van der Waals surface area contributed by atoms with Gasteiger partial charge in [0.25, 0.3) is 0 Å². The van der Waals surface area contributed by atoms with Crippen LogP contribution in [0.25, 0.3) is 0 Å². The topological polar surface area (TPSA) is 47.0 Å². The van der Waals surface area contributed by atoms with Gasteiger partial charge in [-0.15, -0.1) is 0 Å². The average molecular weight is 283 g/mol. The normalized spacial score (nSPS) is 11.2. The zero-order chi connectivity index (χ0) is 14.6. The SMILES string of the molecule is COc1ccc(CNc2cc(C(F)(F)F)ncn2)cc1. The van der Waals surface area contributed by atoms with Crippen LogP contribution >= 0.6 is 0 Å². The second kappa shape index (κ2) is 5.77. The first kappa shape index (κ1) is 14.1. The monoisotopic (exact) mass is 283 g/mol. The minimum absolute atomic E-state index is 0.128. The van der Waals surface area contributed by atoms with Gasteiger partial charge in [0.15, 0.2) is 0 Å². The molecule has 1 aromatic heterocycles. The van der Waals surface area contributed by atoms with Gasteiger partial charge >= 0.3 is 6.18 Å².